The number of thioether (sulfide) groups is 1. The zero-order valence-corrected chi connectivity index (χ0v) is 20.5. The SMILES string of the molecule is CCn1c(SC(C(=O)N(C)C)c2ccccc2)nc2sc(C)c(-c3ccc(F)cc3)c2c1=O. The van der Waals surface area contributed by atoms with Crippen molar-refractivity contribution in [2.45, 2.75) is 30.8 Å². The average Bonchev–Trinajstić information content (AvgIpc) is 3.14. The molecule has 0 aliphatic heterocycles. The maximum Gasteiger partial charge on any atom is 0.263 e. The Bertz CT molecular complexity index is 1360. The summed E-state index contributed by atoms with van der Waals surface area (Å²) in [5.41, 5.74) is 2.27. The maximum absolute atomic E-state index is 13.6. The van der Waals surface area contributed by atoms with Gasteiger partial charge in [0.05, 0.1) is 5.39 Å². The molecule has 1 unspecified atom stereocenters. The number of aromatic nitrogens is 2. The lowest BCUT2D eigenvalue weighted by atomic mass is 10.0. The van der Waals surface area contributed by atoms with Crippen LogP contribution in [0.2, 0.25) is 0 Å². The number of rotatable bonds is 6. The largest absolute Gasteiger partial charge is 0.348 e. The van der Waals surface area contributed by atoms with E-state index in [-0.39, 0.29) is 17.3 Å². The smallest absolute Gasteiger partial charge is 0.263 e. The minimum atomic E-state index is -0.527. The lowest BCUT2D eigenvalue weighted by molar-refractivity contribution is -0.128. The topological polar surface area (TPSA) is 55.2 Å². The summed E-state index contributed by atoms with van der Waals surface area (Å²) < 4.78 is 15.1. The van der Waals surface area contributed by atoms with E-state index in [1.165, 1.54) is 35.2 Å². The van der Waals surface area contributed by atoms with Gasteiger partial charge in [-0.1, -0.05) is 54.2 Å². The fourth-order valence-corrected chi connectivity index (χ4v) is 6.13. The first-order chi connectivity index (χ1) is 15.8. The molecule has 170 valence electrons. The van der Waals surface area contributed by atoms with Crippen molar-refractivity contribution >= 4 is 39.2 Å². The highest BCUT2D eigenvalue weighted by molar-refractivity contribution is 8.00. The van der Waals surface area contributed by atoms with Gasteiger partial charge in [-0.25, -0.2) is 9.37 Å². The molecule has 0 radical (unpaired) electrons. The Kier molecular flexibility index (Phi) is 6.67. The molecule has 0 fully saturated rings. The van der Waals surface area contributed by atoms with Crippen molar-refractivity contribution in [3.8, 4) is 11.1 Å². The van der Waals surface area contributed by atoms with E-state index in [4.69, 9.17) is 4.98 Å². The molecule has 2 heterocycles. The predicted octanol–water partition coefficient (Wildman–Crippen LogP) is 5.51. The normalized spacial score (nSPS) is 12.2. The van der Waals surface area contributed by atoms with Gasteiger partial charge < -0.3 is 4.90 Å². The van der Waals surface area contributed by atoms with Crippen LogP contribution in [0.25, 0.3) is 21.3 Å². The quantitative estimate of drug-likeness (QED) is 0.269. The number of fused-ring (bicyclic) bond motifs is 1. The molecule has 1 atom stereocenters. The van der Waals surface area contributed by atoms with E-state index < -0.39 is 5.25 Å². The molecule has 0 bridgehead atoms. The van der Waals surface area contributed by atoms with Crippen LogP contribution in [0.4, 0.5) is 4.39 Å². The number of hydrogen-bond donors (Lipinski definition) is 0. The van der Waals surface area contributed by atoms with Crippen LogP contribution in [0, 0.1) is 12.7 Å². The van der Waals surface area contributed by atoms with Gasteiger partial charge in [0, 0.05) is 31.1 Å². The van der Waals surface area contributed by atoms with E-state index in [0.717, 1.165) is 21.6 Å². The van der Waals surface area contributed by atoms with E-state index in [2.05, 4.69) is 0 Å². The predicted molar refractivity (Wildman–Crippen MR) is 133 cm³/mol. The molecule has 5 nitrogen and oxygen atoms in total. The standard InChI is InChI=1S/C25H24FN3O2S2/c1-5-29-23(30)20-19(16-11-13-18(26)14-12-16)15(2)32-22(20)27-25(29)33-21(24(31)28(3)4)17-9-7-6-8-10-17/h6-14,21H,5H2,1-4H3. The van der Waals surface area contributed by atoms with E-state index in [1.807, 2.05) is 44.2 Å². The summed E-state index contributed by atoms with van der Waals surface area (Å²) in [5, 5.41) is 0.512. The Morgan fingerprint density at radius 2 is 1.82 bits per heavy atom. The van der Waals surface area contributed by atoms with Gasteiger partial charge >= 0.3 is 0 Å². The first kappa shape index (κ1) is 23.2. The van der Waals surface area contributed by atoms with Gasteiger partial charge in [-0.05, 0) is 37.1 Å². The van der Waals surface area contributed by atoms with Crippen LogP contribution in [0.3, 0.4) is 0 Å². The second kappa shape index (κ2) is 9.49. The van der Waals surface area contributed by atoms with Crippen molar-refractivity contribution in [2.75, 3.05) is 14.1 Å². The Labute approximate surface area is 199 Å². The molecule has 0 aliphatic carbocycles. The maximum atomic E-state index is 13.6. The third-order valence-corrected chi connectivity index (χ3v) is 7.62. The molecule has 4 aromatic rings. The highest BCUT2D eigenvalue weighted by atomic mass is 32.2. The third kappa shape index (κ3) is 4.45. The molecule has 1 amide bonds. The fraction of sp³-hybridized carbons (Fsp3) is 0.240. The molecule has 0 N–H and O–H groups in total. The number of hydrogen-bond acceptors (Lipinski definition) is 5. The van der Waals surface area contributed by atoms with Crippen LogP contribution >= 0.6 is 23.1 Å². The summed E-state index contributed by atoms with van der Waals surface area (Å²) >= 11 is 2.73. The van der Waals surface area contributed by atoms with Crippen molar-refractivity contribution in [3.05, 3.63) is 81.2 Å². The summed E-state index contributed by atoms with van der Waals surface area (Å²) in [6, 6.07) is 15.7. The molecule has 8 heteroatoms. The summed E-state index contributed by atoms with van der Waals surface area (Å²) in [6.45, 7) is 4.25. The molecular formula is C25H24FN3O2S2. The summed E-state index contributed by atoms with van der Waals surface area (Å²) in [7, 11) is 3.44. The van der Waals surface area contributed by atoms with Gasteiger partial charge in [0.1, 0.15) is 15.9 Å². The first-order valence-electron chi connectivity index (χ1n) is 10.5. The second-order valence-electron chi connectivity index (χ2n) is 7.81. The van der Waals surface area contributed by atoms with Gasteiger partial charge in [-0.2, -0.15) is 0 Å². The Morgan fingerprint density at radius 1 is 1.15 bits per heavy atom. The van der Waals surface area contributed by atoms with Crippen LogP contribution in [-0.2, 0) is 11.3 Å². The van der Waals surface area contributed by atoms with Crippen LogP contribution in [0.15, 0.2) is 64.5 Å². The second-order valence-corrected chi connectivity index (χ2v) is 10.1. The van der Waals surface area contributed by atoms with Crippen molar-refractivity contribution in [3.63, 3.8) is 0 Å². The Balaban J connectivity index is 1.87. The van der Waals surface area contributed by atoms with E-state index in [1.54, 1.807) is 35.7 Å². The Morgan fingerprint density at radius 3 is 2.42 bits per heavy atom. The molecular weight excluding hydrogens is 457 g/mol. The van der Waals surface area contributed by atoms with Gasteiger partial charge in [-0.15, -0.1) is 11.3 Å². The fourth-order valence-electron chi connectivity index (χ4n) is 3.74. The molecule has 0 saturated carbocycles. The number of carbonyl (C=O) groups excluding carboxylic acids is 1. The average molecular weight is 482 g/mol. The van der Waals surface area contributed by atoms with Gasteiger partial charge in [0.15, 0.2) is 5.16 Å². The lowest BCUT2D eigenvalue weighted by Crippen LogP contribution is -2.28. The molecule has 4 rings (SSSR count). The monoisotopic (exact) mass is 481 g/mol. The van der Waals surface area contributed by atoms with Crippen molar-refractivity contribution in [2.24, 2.45) is 0 Å². The van der Waals surface area contributed by atoms with E-state index in [0.29, 0.717) is 21.9 Å². The van der Waals surface area contributed by atoms with Crippen LogP contribution in [0.5, 0.6) is 0 Å². The number of carbonyl (C=O) groups is 1. The summed E-state index contributed by atoms with van der Waals surface area (Å²) in [6.07, 6.45) is 0. The number of benzene rings is 2. The Hall–Kier alpha value is -2.97. The number of nitrogens with zero attached hydrogens (tertiary/aromatic N) is 3. The number of halogens is 1. The minimum Gasteiger partial charge on any atom is -0.348 e. The highest BCUT2D eigenvalue weighted by Gasteiger charge is 2.27. The van der Waals surface area contributed by atoms with Gasteiger partial charge in [0.25, 0.3) is 5.56 Å². The zero-order chi connectivity index (χ0) is 23.7. The molecule has 2 aromatic heterocycles. The van der Waals surface area contributed by atoms with Crippen molar-refractivity contribution in [1.82, 2.24) is 14.5 Å². The van der Waals surface area contributed by atoms with Crippen molar-refractivity contribution in [1.29, 1.82) is 0 Å². The minimum absolute atomic E-state index is 0.0717. The summed E-state index contributed by atoms with van der Waals surface area (Å²) in [5.74, 6) is -0.395. The number of likely N-dealkylation sites (N-methyl/N-ethyl adjacent to an activating group) is 1. The zero-order valence-electron chi connectivity index (χ0n) is 18.8. The molecule has 0 spiro atoms. The van der Waals surface area contributed by atoms with E-state index >= 15 is 0 Å². The lowest BCUT2D eigenvalue weighted by Gasteiger charge is -2.21. The van der Waals surface area contributed by atoms with Crippen LogP contribution in [-0.4, -0.2) is 34.5 Å². The number of amides is 1. The molecule has 33 heavy (non-hydrogen) atoms. The number of thiophene rings is 1. The molecule has 0 saturated heterocycles. The molecule has 0 aliphatic rings. The van der Waals surface area contributed by atoms with Crippen molar-refractivity contribution < 1.29 is 9.18 Å². The first-order valence-corrected chi connectivity index (χ1v) is 12.2. The summed E-state index contributed by atoms with van der Waals surface area (Å²) in [4.78, 5) is 34.6. The van der Waals surface area contributed by atoms with Gasteiger partial charge in [0.2, 0.25) is 5.91 Å². The van der Waals surface area contributed by atoms with Crippen LogP contribution < -0.4 is 5.56 Å². The van der Waals surface area contributed by atoms with E-state index in [9.17, 15) is 14.0 Å². The molecule has 2 aromatic carbocycles. The highest BCUT2D eigenvalue weighted by Crippen LogP contribution is 2.39. The third-order valence-electron chi connectivity index (χ3n) is 5.39. The van der Waals surface area contributed by atoms with Crippen LogP contribution in [0.1, 0.15) is 22.6 Å². The van der Waals surface area contributed by atoms with Gasteiger partial charge in [-0.3, -0.25) is 14.2 Å². The number of aryl methyl sites for hydroxylation is 1.